The Hall–Kier alpha value is -2.18. The van der Waals surface area contributed by atoms with E-state index >= 15 is 0 Å². The molecule has 0 saturated heterocycles. The number of halogens is 2. The minimum absolute atomic E-state index is 0.0293. The highest BCUT2D eigenvalue weighted by atomic mass is 19.2. The van der Waals surface area contributed by atoms with Gasteiger partial charge in [0, 0.05) is 6.04 Å². The third kappa shape index (κ3) is 2.49. The van der Waals surface area contributed by atoms with E-state index in [9.17, 15) is 13.6 Å². The predicted octanol–water partition coefficient (Wildman–Crippen LogP) is 1.42. The number of rotatable bonds is 3. The Labute approximate surface area is 108 Å². The summed E-state index contributed by atoms with van der Waals surface area (Å²) in [6, 6.07) is 2.24. The number of benzene rings is 1. The summed E-state index contributed by atoms with van der Waals surface area (Å²) in [7, 11) is 0. The average molecular weight is 268 g/mol. The number of carbonyl (C=O) groups is 1. The van der Waals surface area contributed by atoms with Crippen LogP contribution in [0.25, 0.3) is 11.0 Å². The van der Waals surface area contributed by atoms with E-state index < -0.39 is 11.6 Å². The van der Waals surface area contributed by atoms with Gasteiger partial charge in [-0.15, -0.1) is 0 Å². The van der Waals surface area contributed by atoms with Crippen molar-refractivity contribution in [1.82, 2.24) is 14.9 Å². The van der Waals surface area contributed by atoms with E-state index in [1.54, 1.807) is 13.8 Å². The molecule has 19 heavy (non-hydrogen) atoms. The van der Waals surface area contributed by atoms with E-state index in [1.165, 1.54) is 6.07 Å². The van der Waals surface area contributed by atoms with Crippen LogP contribution < -0.4 is 11.1 Å². The van der Waals surface area contributed by atoms with E-state index in [0.29, 0.717) is 0 Å². The molecule has 1 amide bonds. The number of fused-ring (bicyclic) bond motifs is 1. The number of nitrogens with two attached hydrogens (primary N) is 1. The van der Waals surface area contributed by atoms with Crippen molar-refractivity contribution < 1.29 is 13.6 Å². The number of nitrogens with one attached hydrogen (secondary N) is 1. The number of amides is 1. The monoisotopic (exact) mass is 268 g/mol. The third-order valence-electron chi connectivity index (χ3n) is 2.58. The van der Waals surface area contributed by atoms with Crippen molar-refractivity contribution in [3.63, 3.8) is 0 Å². The van der Waals surface area contributed by atoms with Gasteiger partial charge in [-0.1, -0.05) is 0 Å². The number of carbonyl (C=O) groups excluding carboxylic acids is 1. The summed E-state index contributed by atoms with van der Waals surface area (Å²) in [6.45, 7) is 3.39. The Morgan fingerprint density at radius 2 is 2.16 bits per heavy atom. The minimum atomic E-state index is -1.06. The number of imidazole rings is 1. The van der Waals surface area contributed by atoms with Crippen LogP contribution >= 0.6 is 0 Å². The van der Waals surface area contributed by atoms with Crippen molar-refractivity contribution >= 4 is 22.9 Å². The van der Waals surface area contributed by atoms with E-state index in [4.69, 9.17) is 5.73 Å². The summed E-state index contributed by atoms with van der Waals surface area (Å²) in [6.07, 6.45) is 0. The summed E-state index contributed by atoms with van der Waals surface area (Å²) in [4.78, 5) is 15.6. The topological polar surface area (TPSA) is 72.9 Å². The Morgan fingerprint density at radius 3 is 2.79 bits per heavy atom. The number of hydrogen-bond donors (Lipinski definition) is 2. The molecule has 1 heterocycles. The Bertz CT molecular complexity index is 636. The van der Waals surface area contributed by atoms with Gasteiger partial charge < -0.3 is 11.1 Å². The van der Waals surface area contributed by atoms with Crippen LogP contribution in [0.4, 0.5) is 14.7 Å². The summed E-state index contributed by atoms with van der Waals surface area (Å²) in [5.41, 5.74) is 5.75. The van der Waals surface area contributed by atoms with E-state index in [0.717, 1.165) is 10.6 Å². The Kier molecular flexibility index (Phi) is 3.37. The maximum absolute atomic E-state index is 13.8. The molecule has 0 fully saturated rings. The first-order chi connectivity index (χ1) is 8.90. The maximum atomic E-state index is 13.8. The van der Waals surface area contributed by atoms with Crippen LogP contribution in [0.1, 0.15) is 13.8 Å². The van der Waals surface area contributed by atoms with Crippen LogP contribution in [0.5, 0.6) is 0 Å². The number of aromatic nitrogens is 2. The molecule has 2 rings (SSSR count). The van der Waals surface area contributed by atoms with Gasteiger partial charge in [-0.2, -0.15) is 0 Å². The lowest BCUT2D eigenvalue weighted by atomic mass is 10.3. The van der Waals surface area contributed by atoms with Crippen molar-refractivity contribution in [3.05, 3.63) is 23.8 Å². The average Bonchev–Trinajstić information content (AvgIpc) is 2.61. The van der Waals surface area contributed by atoms with Crippen LogP contribution in [-0.4, -0.2) is 21.5 Å². The lowest BCUT2D eigenvalue weighted by molar-refractivity contribution is -0.122. The second kappa shape index (κ2) is 4.83. The highest BCUT2D eigenvalue weighted by molar-refractivity contribution is 5.83. The molecule has 0 saturated carbocycles. The third-order valence-corrected chi connectivity index (χ3v) is 2.58. The van der Waals surface area contributed by atoms with Crippen LogP contribution in [-0.2, 0) is 11.3 Å². The van der Waals surface area contributed by atoms with Crippen molar-refractivity contribution in [3.8, 4) is 0 Å². The summed E-state index contributed by atoms with van der Waals surface area (Å²) in [5, 5.41) is 2.65. The largest absolute Gasteiger partial charge is 0.369 e. The first-order valence-corrected chi connectivity index (χ1v) is 5.79. The number of nitrogen functional groups attached to an aromatic ring is 1. The molecule has 0 atom stereocenters. The molecule has 0 unspecified atom stereocenters. The minimum Gasteiger partial charge on any atom is -0.369 e. The zero-order valence-electron chi connectivity index (χ0n) is 10.6. The highest BCUT2D eigenvalue weighted by Gasteiger charge is 2.18. The van der Waals surface area contributed by atoms with Crippen molar-refractivity contribution in [2.24, 2.45) is 0 Å². The SMILES string of the molecule is CC(C)NC(=O)Cn1c(N)nc2ccc(F)c(F)c21. The van der Waals surface area contributed by atoms with Gasteiger partial charge in [-0.25, -0.2) is 13.8 Å². The second-order valence-corrected chi connectivity index (χ2v) is 4.51. The van der Waals surface area contributed by atoms with E-state index in [1.807, 2.05) is 0 Å². The summed E-state index contributed by atoms with van der Waals surface area (Å²) in [5.74, 6) is -2.43. The number of anilines is 1. The van der Waals surface area contributed by atoms with E-state index in [2.05, 4.69) is 10.3 Å². The number of hydrogen-bond acceptors (Lipinski definition) is 3. The molecular weight excluding hydrogens is 254 g/mol. The first kappa shape index (κ1) is 13.3. The van der Waals surface area contributed by atoms with Gasteiger partial charge >= 0.3 is 0 Å². The van der Waals surface area contributed by atoms with Gasteiger partial charge in [-0.3, -0.25) is 9.36 Å². The van der Waals surface area contributed by atoms with Gasteiger partial charge in [0.2, 0.25) is 11.9 Å². The normalized spacial score (nSPS) is 11.2. The quantitative estimate of drug-likeness (QED) is 0.884. The number of nitrogens with zero attached hydrogens (tertiary/aromatic N) is 2. The van der Waals surface area contributed by atoms with Crippen molar-refractivity contribution in [2.75, 3.05) is 5.73 Å². The van der Waals surface area contributed by atoms with Crippen LogP contribution in [0, 0.1) is 11.6 Å². The molecule has 2 aromatic rings. The zero-order chi connectivity index (χ0) is 14.2. The predicted molar refractivity (Wildman–Crippen MR) is 67.3 cm³/mol. The molecule has 0 radical (unpaired) electrons. The zero-order valence-corrected chi connectivity index (χ0v) is 10.6. The summed E-state index contributed by atoms with van der Waals surface area (Å²) >= 11 is 0. The van der Waals surface area contributed by atoms with Crippen LogP contribution in [0.2, 0.25) is 0 Å². The van der Waals surface area contributed by atoms with Crippen LogP contribution in [0.15, 0.2) is 12.1 Å². The van der Waals surface area contributed by atoms with Crippen molar-refractivity contribution in [1.29, 1.82) is 0 Å². The molecule has 0 spiro atoms. The molecule has 0 aliphatic rings. The Morgan fingerprint density at radius 1 is 1.47 bits per heavy atom. The lowest BCUT2D eigenvalue weighted by Gasteiger charge is -2.10. The smallest absolute Gasteiger partial charge is 0.240 e. The molecule has 1 aromatic carbocycles. The molecule has 0 aliphatic heterocycles. The van der Waals surface area contributed by atoms with Gasteiger partial charge in [0.1, 0.15) is 12.1 Å². The Balaban J connectivity index is 2.45. The molecular formula is C12H14F2N4O. The van der Waals surface area contributed by atoms with E-state index in [-0.39, 0.29) is 35.5 Å². The standard InChI is InChI=1S/C12H14F2N4O/c1-6(2)16-9(19)5-18-11-8(17-12(18)15)4-3-7(13)10(11)14/h3-4,6H,5H2,1-2H3,(H2,15,17)(H,16,19). The second-order valence-electron chi connectivity index (χ2n) is 4.51. The van der Waals surface area contributed by atoms with Crippen molar-refractivity contribution in [2.45, 2.75) is 26.4 Å². The lowest BCUT2D eigenvalue weighted by Crippen LogP contribution is -2.33. The van der Waals surface area contributed by atoms with Gasteiger partial charge in [0.25, 0.3) is 0 Å². The van der Waals surface area contributed by atoms with Gasteiger partial charge in [-0.05, 0) is 26.0 Å². The van der Waals surface area contributed by atoms with Crippen LogP contribution in [0.3, 0.4) is 0 Å². The van der Waals surface area contributed by atoms with Gasteiger partial charge in [0.05, 0.1) is 5.52 Å². The molecule has 1 aromatic heterocycles. The molecule has 102 valence electrons. The fourth-order valence-corrected chi connectivity index (χ4v) is 1.85. The van der Waals surface area contributed by atoms with Gasteiger partial charge in [0.15, 0.2) is 11.6 Å². The molecule has 0 aliphatic carbocycles. The summed E-state index contributed by atoms with van der Waals surface area (Å²) < 4.78 is 28.1. The first-order valence-electron chi connectivity index (χ1n) is 5.79. The molecule has 0 bridgehead atoms. The maximum Gasteiger partial charge on any atom is 0.240 e. The molecule has 5 nitrogen and oxygen atoms in total. The molecule has 3 N–H and O–H groups in total. The fraction of sp³-hybridized carbons (Fsp3) is 0.333. The fourth-order valence-electron chi connectivity index (χ4n) is 1.85. The molecule has 7 heteroatoms. The highest BCUT2D eigenvalue weighted by Crippen LogP contribution is 2.22.